The van der Waals surface area contributed by atoms with Crippen LogP contribution in [-0.4, -0.2) is 31.4 Å². The fourth-order valence-corrected chi connectivity index (χ4v) is 3.34. The molecule has 0 aliphatic carbocycles. The SMILES string of the molecule is Oc1c(Br)cc2c(c1CC1CCNCC1)OCCCO2. The van der Waals surface area contributed by atoms with Crippen LogP contribution in [0.5, 0.6) is 17.2 Å². The molecule has 2 aliphatic rings. The van der Waals surface area contributed by atoms with Gasteiger partial charge in [0.25, 0.3) is 0 Å². The van der Waals surface area contributed by atoms with Crippen LogP contribution in [-0.2, 0) is 6.42 Å². The molecule has 2 aliphatic heterocycles. The van der Waals surface area contributed by atoms with Crippen molar-refractivity contribution in [3.63, 3.8) is 0 Å². The van der Waals surface area contributed by atoms with Gasteiger partial charge in [0, 0.05) is 18.1 Å². The summed E-state index contributed by atoms with van der Waals surface area (Å²) in [5, 5.41) is 13.7. The van der Waals surface area contributed by atoms with E-state index >= 15 is 0 Å². The van der Waals surface area contributed by atoms with E-state index < -0.39 is 0 Å². The Hall–Kier alpha value is -0.940. The number of piperidine rings is 1. The summed E-state index contributed by atoms with van der Waals surface area (Å²) in [4.78, 5) is 0. The minimum Gasteiger partial charge on any atom is -0.506 e. The first-order valence-corrected chi connectivity index (χ1v) is 8.05. The molecule has 0 aromatic heterocycles. The van der Waals surface area contributed by atoms with Gasteiger partial charge in [0.15, 0.2) is 11.5 Å². The molecule has 5 heteroatoms. The summed E-state index contributed by atoms with van der Waals surface area (Å²) >= 11 is 3.42. The highest BCUT2D eigenvalue weighted by Gasteiger charge is 2.24. The maximum Gasteiger partial charge on any atom is 0.168 e. The second-order valence-electron chi connectivity index (χ2n) is 5.46. The number of aromatic hydroxyl groups is 1. The lowest BCUT2D eigenvalue weighted by molar-refractivity contribution is 0.294. The molecule has 110 valence electrons. The van der Waals surface area contributed by atoms with Crippen LogP contribution < -0.4 is 14.8 Å². The summed E-state index contributed by atoms with van der Waals surface area (Å²) in [5.41, 5.74) is 0.892. The number of halogens is 1. The van der Waals surface area contributed by atoms with E-state index in [1.54, 1.807) is 0 Å². The van der Waals surface area contributed by atoms with Gasteiger partial charge in [-0.05, 0) is 54.2 Å². The number of rotatable bonds is 2. The summed E-state index contributed by atoms with van der Waals surface area (Å²) in [6.07, 6.45) is 4.00. The molecule has 0 atom stereocenters. The first-order valence-electron chi connectivity index (χ1n) is 7.26. The van der Waals surface area contributed by atoms with E-state index in [4.69, 9.17) is 9.47 Å². The van der Waals surface area contributed by atoms with E-state index in [2.05, 4.69) is 21.2 Å². The summed E-state index contributed by atoms with van der Waals surface area (Å²) < 4.78 is 12.3. The number of phenolic OH excluding ortho intramolecular Hbond substituents is 1. The number of fused-ring (bicyclic) bond motifs is 1. The van der Waals surface area contributed by atoms with E-state index in [9.17, 15) is 5.11 Å². The van der Waals surface area contributed by atoms with Gasteiger partial charge in [-0.2, -0.15) is 0 Å². The molecule has 0 bridgehead atoms. The van der Waals surface area contributed by atoms with Gasteiger partial charge in [-0.1, -0.05) is 0 Å². The molecule has 1 aromatic rings. The molecule has 2 N–H and O–H groups in total. The van der Waals surface area contributed by atoms with Crippen molar-refractivity contribution < 1.29 is 14.6 Å². The number of nitrogens with one attached hydrogen (secondary N) is 1. The average molecular weight is 342 g/mol. The highest BCUT2D eigenvalue weighted by Crippen LogP contribution is 2.45. The Labute approximate surface area is 127 Å². The van der Waals surface area contributed by atoms with Gasteiger partial charge in [-0.3, -0.25) is 0 Å². The lowest BCUT2D eigenvalue weighted by atomic mass is 9.90. The molecule has 0 unspecified atom stereocenters. The van der Waals surface area contributed by atoms with Crippen molar-refractivity contribution in [2.24, 2.45) is 5.92 Å². The molecule has 0 radical (unpaired) electrons. The van der Waals surface area contributed by atoms with Crippen molar-refractivity contribution >= 4 is 15.9 Å². The molecule has 2 heterocycles. The number of phenols is 1. The van der Waals surface area contributed by atoms with Crippen molar-refractivity contribution in [1.29, 1.82) is 0 Å². The van der Waals surface area contributed by atoms with Crippen molar-refractivity contribution in [2.75, 3.05) is 26.3 Å². The quantitative estimate of drug-likeness (QED) is 0.868. The van der Waals surface area contributed by atoms with Crippen LogP contribution in [0, 0.1) is 5.92 Å². The third kappa shape index (κ3) is 2.88. The van der Waals surface area contributed by atoms with Gasteiger partial charge in [-0.15, -0.1) is 0 Å². The van der Waals surface area contributed by atoms with Crippen LogP contribution in [0.15, 0.2) is 10.5 Å². The van der Waals surface area contributed by atoms with Gasteiger partial charge in [0.05, 0.1) is 17.7 Å². The topological polar surface area (TPSA) is 50.7 Å². The van der Waals surface area contributed by atoms with E-state index in [0.29, 0.717) is 29.4 Å². The molecule has 4 nitrogen and oxygen atoms in total. The fraction of sp³-hybridized carbons (Fsp3) is 0.600. The molecule has 0 spiro atoms. The lowest BCUT2D eigenvalue weighted by Gasteiger charge is -2.24. The Bertz CT molecular complexity index is 486. The first kappa shape index (κ1) is 14.0. The second-order valence-corrected chi connectivity index (χ2v) is 6.32. The Morgan fingerprint density at radius 3 is 2.80 bits per heavy atom. The Morgan fingerprint density at radius 2 is 2.00 bits per heavy atom. The Morgan fingerprint density at radius 1 is 1.25 bits per heavy atom. The maximum absolute atomic E-state index is 10.4. The summed E-state index contributed by atoms with van der Waals surface area (Å²) in [7, 11) is 0. The molecule has 1 fully saturated rings. The van der Waals surface area contributed by atoms with Crippen molar-refractivity contribution in [1.82, 2.24) is 5.32 Å². The maximum atomic E-state index is 10.4. The number of ether oxygens (including phenoxy) is 2. The molecule has 1 saturated heterocycles. The van der Waals surface area contributed by atoms with E-state index in [-0.39, 0.29) is 0 Å². The zero-order chi connectivity index (χ0) is 13.9. The van der Waals surface area contributed by atoms with E-state index in [0.717, 1.165) is 55.8 Å². The molecule has 3 rings (SSSR count). The van der Waals surface area contributed by atoms with Crippen molar-refractivity contribution in [3.05, 3.63) is 16.1 Å². The fourth-order valence-electron chi connectivity index (χ4n) is 2.89. The second kappa shape index (κ2) is 6.22. The average Bonchev–Trinajstić information content (AvgIpc) is 2.70. The predicted molar refractivity (Wildman–Crippen MR) is 80.7 cm³/mol. The molecular weight excluding hydrogens is 322 g/mol. The zero-order valence-electron chi connectivity index (χ0n) is 11.5. The summed E-state index contributed by atoms with van der Waals surface area (Å²) in [6.45, 7) is 3.42. The number of hydrogen-bond donors (Lipinski definition) is 2. The van der Waals surface area contributed by atoms with E-state index in [1.807, 2.05) is 6.07 Å². The molecular formula is C15H20BrNO3. The summed E-state index contributed by atoms with van der Waals surface area (Å²) in [5.74, 6) is 2.37. The van der Waals surface area contributed by atoms with Crippen LogP contribution in [0.1, 0.15) is 24.8 Å². The number of hydrogen-bond acceptors (Lipinski definition) is 4. The minimum absolute atomic E-state index is 0.299. The minimum atomic E-state index is 0.299. The van der Waals surface area contributed by atoms with Crippen LogP contribution in [0.2, 0.25) is 0 Å². The standard InChI is InChI=1S/C15H20BrNO3/c16-12-9-13-15(20-7-1-6-19-13)11(14(12)18)8-10-2-4-17-5-3-10/h9-10,17-18H,1-8H2. The largest absolute Gasteiger partial charge is 0.506 e. The van der Waals surface area contributed by atoms with Gasteiger partial charge in [-0.25, -0.2) is 0 Å². The highest BCUT2D eigenvalue weighted by atomic mass is 79.9. The third-order valence-corrected chi connectivity index (χ3v) is 4.62. The van der Waals surface area contributed by atoms with E-state index in [1.165, 1.54) is 0 Å². The van der Waals surface area contributed by atoms with Gasteiger partial charge >= 0.3 is 0 Å². The Balaban J connectivity index is 1.92. The van der Waals surface area contributed by atoms with Gasteiger partial charge in [0.2, 0.25) is 0 Å². The predicted octanol–water partition coefficient (Wildman–Crippen LogP) is 2.86. The van der Waals surface area contributed by atoms with Crippen molar-refractivity contribution in [2.45, 2.75) is 25.7 Å². The summed E-state index contributed by atoms with van der Waals surface area (Å²) in [6, 6.07) is 1.81. The molecule has 20 heavy (non-hydrogen) atoms. The highest BCUT2D eigenvalue weighted by molar-refractivity contribution is 9.10. The normalized spacial score (nSPS) is 19.6. The van der Waals surface area contributed by atoms with Gasteiger partial charge < -0.3 is 19.9 Å². The zero-order valence-corrected chi connectivity index (χ0v) is 13.0. The van der Waals surface area contributed by atoms with Crippen molar-refractivity contribution in [3.8, 4) is 17.2 Å². The van der Waals surface area contributed by atoms with Gasteiger partial charge in [0.1, 0.15) is 5.75 Å². The molecule has 1 aromatic carbocycles. The van der Waals surface area contributed by atoms with Crippen LogP contribution >= 0.6 is 15.9 Å². The number of benzene rings is 1. The monoisotopic (exact) mass is 341 g/mol. The molecule has 0 amide bonds. The van der Waals surface area contributed by atoms with Crippen LogP contribution in [0.4, 0.5) is 0 Å². The Kier molecular flexibility index (Phi) is 4.36. The van der Waals surface area contributed by atoms with Crippen LogP contribution in [0.3, 0.4) is 0 Å². The smallest absolute Gasteiger partial charge is 0.168 e. The third-order valence-electron chi connectivity index (χ3n) is 4.01. The first-order chi connectivity index (χ1) is 9.75. The van der Waals surface area contributed by atoms with Crippen LogP contribution in [0.25, 0.3) is 0 Å². The molecule has 0 saturated carbocycles. The lowest BCUT2D eigenvalue weighted by Crippen LogP contribution is -2.28.